The summed E-state index contributed by atoms with van der Waals surface area (Å²) in [6.45, 7) is 2.34. The summed E-state index contributed by atoms with van der Waals surface area (Å²) in [6, 6.07) is 13.5. The zero-order valence-corrected chi connectivity index (χ0v) is 15.1. The van der Waals surface area contributed by atoms with Crippen molar-refractivity contribution in [3.05, 3.63) is 65.5 Å². The topological polar surface area (TPSA) is 63.4 Å². The number of benzene rings is 2. The summed E-state index contributed by atoms with van der Waals surface area (Å²) < 4.78 is 40.2. The first kappa shape index (κ1) is 20.6. The predicted octanol–water partition coefficient (Wildman–Crippen LogP) is 2.75. The van der Waals surface area contributed by atoms with Gasteiger partial charge in [0.15, 0.2) is 0 Å². The van der Waals surface area contributed by atoms with E-state index >= 15 is 0 Å². The molecule has 0 unspecified atom stereocenters. The maximum Gasteiger partial charge on any atom is 0.243 e. The summed E-state index contributed by atoms with van der Waals surface area (Å²) in [5.74, 6) is -0.418. The van der Waals surface area contributed by atoms with Crippen molar-refractivity contribution >= 4 is 22.4 Å². The third kappa shape index (κ3) is 5.01. The molecule has 4 nitrogen and oxygen atoms in total. The van der Waals surface area contributed by atoms with Crippen LogP contribution < -0.4 is 5.73 Å². The standard InChI is InChI=1S/C17H21FN2O2S.ClH/c1-14-13-16(7-8-17(14)18)23(21,22)20(12-10-19)11-9-15-5-3-2-4-6-15;/h2-8,13H,9-12,19H2,1H3;1H. The number of aryl methyl sites for hydroxylation is 1. The zero-order chi connectivity index (χ0) is 16.9. The second-order valence-corrected chi connectivity index (χ2v) is 7.28. The van der Waals surface area contributed by atoms with Crippen LogP contribution in [0.3, 0.4) is 0 Å². The third-order valence-corrected chi connectivity index (χ3v) is 5.53. The molecule has 0 saturated heterocycles. The Morgan fingerprint density at radius 3 is 2.33 bits per heavy atom. The van der Waals surface area contributed by atoms with E-state index in [1.165, 1.54) is 22.5 Å². The molecule has 0 spiro atoms. The van der Waals surface area contributed by atoms with Crippen LogP contribution in [0.25, 0.3) is 0 Å². The maximum atomic E-state index is 13.4. The molecule has 0 saturated carbocycles. The molecule has 0 heterocycles. The van der Waals surface area contributed by atoms with Crippen molar-refractivity contribution in [3.8, 4) is 0 Å². The molecule has 132 valence electrons. The molecular weight excluding hydrogens is 351 g/mol. The van der Waals surface area contributed by atoms with Gasteiger partial charge in [-0.2, -0.15) is 4.31 Å². The molecule has 2 N–H and O–H groups in total. The van der Waals surface area contributed by atoms with Gasteiger partial charge in [0.25, 0.3) is 0 Å². The molecular formula is C17H22ClFN2O2S. The molecule has 24 heavy (non-hydrogen) atoms. The van der Waals surface area contributed by atoms with Crippen LogP contribution in [0.5, 0.6) is 0 Å². The minimum atomic E-state index is -3.69. The van der Waals surface area contributed by atoms with Crippen molar-refractivity contribution in [2.75, 3.05) is 19.6 Å². The van der Waals surface area contributed by atoms with Crippen molar-refractivity contribution in [1.82, 2.24) is 4.31 Å². The first-order valence-electron chi connectivity index (χ1n) is 7.45. The van der Waals surface area contributed by atoms with Crippen molar-refractivity contribution in [1.29, 1.82) is 0 Å². The van der Waals surface area contributed by atoms with Gasteiger partial charge >= 0.3 is 0 Å². The number of rotatable bonds is 7. The molecule has 0 aliphatic rings. The molecule has 0 atom stereocenters. The van der Waals surface area contributed by atoms with E-state index in [1.54, 1.807) is 6.92 Å². The maximum absolute atomic E-state index is 13.4. The summed E-state index contributed by atoms with van der Waals surface area (Å²) in [5, 5.41) is 0. The largest absolute Gasteiger partial charge is 0.329 e. The normalized spacial score (nSPS) is 11.3. The molecule has 0 aliphatic carbocycles. The van der Waals surface area contributed by atoms with E-state index in [0.29, 0.717) is 18.5 Å². The Labute approximate surface area is 148 Å². The number of nitrogens with zero attached hydrogens (tertiary/aromatic N) is 1. The molecule has 0 bridgehead atoms. The van der Waals surface area contributed by atoms with E-state index in [2.05, 4.69) is 0 Å². The van der Waals surface area contributed by atoms with Crippen LogP contribution in [0.1, 0.15) is 11.1 Å². The Hall–Kier alpha value is -1.47. The van der Waals surface area contributed by atoms with Crippen molar-refractivity contribution in [2.45, 2.75) is 18.2 Å². The van der Waals surface area contributed by atoms with Crippen LogP contribution in [0, 0.1) is 12.7 Å². The van der Waals surface area contributed by atoms with Gasteiger partial charge in [-0.25, -0.2) is 12.8 Å². The van der Waals surface area contributed by atoms with Crippen LogP contribution in [0.4, 0.5) is 4.39 Å². The molecule has 0 amide bonds. The molecule has 2 aromatic rings. The van der Waals surface area contributed by atoms with Gasteiger partial charge in [0, 0.05) is 19.6 Å². The predicted molar refractivity (Wildman–Crippen MR) is 96.3 cm³/mol. The number of halogens is 2. The van der Waals surface area contributed by atoms with Crippen molar-refractivity contribution in [2.24, 2.45) is 5.73 Å². The lowest BCUT2D eigenvalue weighted by Gasteiger charge is -2.22. The summed E-state index contributed by atoms with van der Waals surface area (Å²) in [6.07, 6.45) is 0.597. The van der Waals surface area contributed by atoms with Gasteiger partial charge in [0.05, 0.1) is 4.90 Å². The third-order valence-electron chi connectivity index (χ3n) is 3.64. The van der Waals surface area contributed by atoms with E-state index < -0.39 is 15.8 Å². The molecule has 2 rings (SSSR count). The van der Waals surface area contributed by atoms with E-state index in [0.717, 1.165) is 5.56 Å². The highest BCUT2D eigenvalue weighted by Crippen LogP contribution is 2.19. The Kier molecular flexibility index (Phi) is 7.83. The summed E-state index contributed by atoms with van der Waals surface area (Å²) in [5.41, 5.74) is 6.92. The molecule has 2 aromatic carbocycles. The lowest BCUT2D eigenvalue weighted by Crippen LogP contribution is -2.37. The Balaban J connectivity index is 0.00000288. The fourth-order valence-corrected chi connectivity index (χ4v) is 3.86. The molecule has 0 aliphatic heterocycles. The summed E-state index contributed by atoms with van der Waals surface area (Å²) >= 11 is 0. The quantitative estimate of drug-likeness (QED) is 0.812. The lowest BCUT2D eigenvalue weighted by molar-refractivity contribution is 0.421. The highest BCUT2D eigenvalue weighted by Gasteiger charge is 2.24. The van der Waals surface area contributed by atoms with Gasteiger partial charge in [-0.05, 0) is 42.7 Å². The van der Waals surface area contributed by atoms with Gasteiger partial charge in [0.1, 0.15) is 5.82 Å². The average Bonchev–Trinajstić information content (AvgIpc) is 2.54. The van der Waals surface area contributed by atoms with Crippen LogP contribution in [0.2, 0.25) is 0 Å². The fraction of sp³-hybridized carbons (Fsp3) is 0.294. The highest BCUT2D eigenvalue weighted by atomic mass is 35.5. The SMILES string of the molecule is Cc1cc(S(=O)(=O)N(CCN)CCc2ccccc2)ccc1F.Cl. The van der Waals surface area contributed by atoms with Crippen molar-refractivity contribution < 1.29 is 12.8 Å². The molecule has 0 fully saturated rings. The highest BCUT2D eigenvalue weighted by molar-refractivity contribution is 7.89. The van der Waals surface area contributed by atoms with Crippen LogP contribution in [-0.2, 0) is 16.4 Å². The van der Waals surface area contributed by atoms with E-state index in [-0.39, 0.29) is 30.4 Å². The summed E-state index contributed by atoms with van der Waals surface area (Å²) in [7, 11) is -3.69. The van der Waals surface area contributed by atoms with E-state index in [9.17, 15) is 12.8 Å². The first-order chi connectivity index (χ1) is 10.9. The van der Waals surface area contributed by atoms with Gasteiger partial charge in [-0.15, -0.1) is 12.4 Å². The minimum Gasteiger partial charge on any atom is -0.329 e. The van der Waals surface area contributed by atoms with Gasteiger partial charge in [-0.3, -0.25) is 0 Å². The fourth-order valence-electron chi connectivity index (χ4n) is 2.32. The zero-order valence-electron chi connectivity index (χ0n) is 13.5. The monoisotopic (exact) mass is 372 g/mol. The van der Waals surface area contributed by atoms with E-state index in [4.69, 9.17) is 5.73 Å². The molecule has 0 radical (unpaired) electrons. The summed E-state index contributed by atoms with van der Waals surface area (Å²) in [4.78, 5) is 0.0953. The van der Waals surface area contributed by atoms with Gasteiger partial charge < -0.3 is 5.73 Å². The Bertz CT molecular complexity index is 754. The van der Waals surface area contributed by atoms with Gasteiger partial charge in [-0.1, -0.05) is 30.3 Å². The second-order valence-electron chi connectivity index (χ2n) is 5.34. The molecule has 0 aromatic heterocycles. The number of nitrogens with two attached hydrogens (primary N) is 1. The Morgan fingerprint density at radius 1 is 1.08 bits per heavy atom. The average molecular weight is 373 g/mol. The number of hydrogen-bond donors (Lipinski definition) is 1. The lowest BCUT2D eigenvalue weighted by atomic mass is 10.1. The first-order valence-corrected chi connectivity index (χ1v) is 8.89. The molecule has 7 heteroatoms. The number of hydrogen-bond acceptors (Lipinski definition) is 3. The Morgan fingerprint density at radius 2 is 1.75 bits per heavy atom. The van der Waals surface area contributed by atoms with Gasteiger partial charge in [0.2, 0.25) is 10.0 Å². The van der Waals surface area contributed by atoms with Crippen LogP contribution >= 0.6 is 12.4 Å². The second kappa shape index (κ2) is 9.13. The van der Waals surface area contributed by atoms with Crippen molar-refractivity contribution in [3.63, 3.8) is 0 Å². The number of sulfonamides is 1. The smallest absolute Gasteiger partial charge is 0.243 e. The van der Waals surface area contributed by atoms with Crippen LogP contribution in [-0.4, -0.2) is 32.4 Å². The minimum absolute atomic E-state index is 0. The van der Waals surface area contributed by atoms with E-state index in [1.807, 2.05) is 30.3 Å². The van der Waals surface area contributed by atoms with Crippen LogP contribution in [0.15, 0.2) is 53.4 Å².